The molecular formula is C24H21NO4. The molecule has 1 aliphatic heterocycles. The van der Waals surface area contributed by atoms with Gasteiger partial charge in [0, 0.05) is 25.7 Å². The average molecular weight is 387 g/mol. The number of hydrogen-bond donors (Lipinski definition) is 0. The summed E-state index contributed by atoms with van der Waals surface area (Å²) in [7, 11) is 0. The van der Waals surface area contributed by atoms with E-state index in [1.165, 1.54) is 0 Å². The van der Waals surface area contributed by atoms with E-state index in [0.717, 1.165) is 22.4 Å². The number of amides is 1. The summed E-state index contributed by atoms with van der Waals surface area (Å²) in [6, 6.07) is 15.5. The fourth-order valence-electron chi connectivity index (χ4n) is 3.96. The number of nitrogens with zero attached hydrogens (tertiary/aromatic N) is 1. The first-order valence-corrected chi connectivity index (χ1v) is 9.78. The molecule has 0 saturated heterocycles. The number of benzene rings is 2. The molecule has 0 unspecified atom stereocenters. The Labute approximate surface area is 169 Å². The van der Waals surface area contributed by atoms with E-state index in [2.05, 4.69) is 0 Å². The van der Waals surface area contributed by atoms with Crippen molar-refractivity contribution < 1.29 is 19.2 Å². The Bertz CT molecular complexity index is 1020. The lowest BCUT2D eigenvalue weighted by atomic mass is 9.96. The molecular weight excluding hydrogens is 366 g/mol. The number of ketones is 3. The van der Waals surface area contributed by atoms with Gasteiger partial charge in [-0.2, -0.15) is 0 Å². The van der Waals surface area contributed by atoms with E-state index in [1.807, 2.05) is 60.7 Å². The number of Topliss-reactive ketones (excluding diaryl/α,β-unsaturated/α-hetero) is 3. The highest BCUT2D eigenvalue weighted by Crippen LogP contribution is 2.29. The van der Waals surface area contributed by atoms with Crippen LogP contribution in [0.4, 0.5) is 5.69 Å². The van der Waals surface area contributed by atoms with Crippen molar-refractivity contribution in [2.75, 3.05) is 4.90 Å². The molecule has 5 nitrogen and oxygen atoms in total. The summed E-state index contributed by atoms with van der Waals surface area (Å²) in [5.41, 5.74) is 3.75. The molecule has 29 heavy (non-hydrogen) atoms. The van der Waals surface area contributed by atoms with Crippen molar-refractivity contribution in [3.05, 3.63) is 65.2 Å². The SMILES string of the molecule is O=C1CCC(=O)C1C(=O)CCC(=O)N1Cc2ccccc2C=Cc2ccccc21. The fourth-order valence-corrected chi connectivity index (χ4v) is 3.96. The number of rotatable bonds is 4. The molecule has 1 aliphatic carbocycles. The number of anilines is 1. The van der Waals surface area contributed by atoms with Gasteiger partial charge in [0.25, 0.3) is 0 Å². The second kappa shape index (κ2) is 7.95. The predicted octanol–water partition coefficient (Wildman–Crippen LogP) is 3.60. The van der Waals surface area contributed by atoms with Crippen LogP contribution in [0.1, 0.15) is 42.4 Å². The molecule has 0 radical (unpaired) electrons. The lowest BCUT2D eigenvalue weighted by molar-refractivity contribution is -0.137. The molecule has 5 heteroatoms. The second-order valence-electron chi connectivity index (χ2n) is 7.40. The summed E-state index contributed by atoms with van der Waals surface area (Å²) < 4.78 is 0. The van der Waals surface area contributed by atoms with Crippen LogP contribution in [0, 0.1) is 5.92 Å². The van der Waals surface area contributed by atoms with Crippen molar-refractivity contribution in [1.82, 2.24) is 0 Å². The monoisotopic (exact) mass is 387 g/mol. The molecule has 2 aromatic rings. The largest absolute Gasteiger partial charge is 0.307 e. The van der Waals surface area contributed by atoms with Crippen LogP contribution in [-0.4, -0.2) is 23.3 Å². The molecule has 0 spiro atoms. The van der Waals surface area contributed by atoms with Gasteiger partial charge >= 0.3 is 0 Å². The van der Waals surface area contributed by atoms with Crippen molar-refractivity contribution in [2.45, 2.75) is 32.2 Å². The van der Waals surface area contributed by atoms with E-state index in [-0.39, 0.29) is 43.2 Å². The minimum atomic E-state index is -1.16. The maximum atomic E-state index is 13.1. The van der Waals surface area contributed by atoms with E-state index in [4.69, 9.17) is 0 Å². The summed E-state index contributed by atoms with van der Waals surface area (Å²) in [5, 5.41) is 0. The zero-order valence-electron chi connectivity index (χ0n) is 16.0. The summed E-state index contributed by atoms with van der Waals surface area (Å²) in [6.45, 7) is 0.395. The van der Waals surface area contributed by atoms with Crippen molar-refractivity contribution in [1.29, 1.82) is 0 Å². The highest BCUT2D eigenvalue weighted by atomic mass is 16.2. The number of hydrogen-bond acceptors (Lipinski definition) is 4. The van der Waals surface area contributed by atoms with E-state index < -0.39 is 11.7 Å². The standard InChI is InChI=1S/C24H21NO4/c26-20-11-12-21(27)24(20)22(28)13-14-23(29)25-15-18-7-2-1-5-16(18)9-10-17-6-3-4-8-19(17)25/h1-10,24H,11-15H2. The Morgan fingerprint density at radius 2 is 1.45 bits per heavy atom. The van der Waals surface area contributed by atoms with E-state index in [9.17, 15) is 19.2 Å². The summed E-state index contributed by atoms with van der Waals surface area (Å²) in [6.07, 6.45) is 4.15. The van der Waals surface area contributed by atoms with Crippen LogP contribution in [-0.2, 0) is 25.7 Å². The van der Waals surface area contributed by atoms with Crippen LogP contribution >= 0.6 is 0 Å². The van der Waals surface area contributed by atoms with Gasteiger partial charge in [0.2, 0.25) is 5.91 Å². The molecule has 1 heterocycles. The smallest absolute Gasteiger partial charge is 0.227 e. The summed E-state index contributed by atoms with van der Waals surface area (Å²) in [4.78, 5) is 50.8. The quantitative estimate of drug-likeness (QED) is 0.752. The Hall–Kier alpha value is -3.34. The van der Waals surface area contributed by atoms with Crippen LogP contribution in [0.5, 0.6) is 0 Å². The van der Waals surface area contributed by atoms with Crippen molar-refractivity contribution >= 4 is 41.1 Å². The van der Waals surface area contributed by atoms with Gasteiger partial charge in [-0.05, 0) is 22.8 Å². The van der Waals surface area contributed by atoms with Gasteiger partial charge in [0.05, 0.1) is 12.2 Å². The zero-order valence-corrected chi connectivity index (χ0v) is 16.0. The Morgan fingerprint density at radius 3 is 2.21 bits per heavy atom. The molecule has 146 valence electrons. The van der Waals surface area contributed by atoms with Crippen LogP contribution in [0.2, 0.25) is 0 Å². The molecule has 1 amide bonds. The van der Waals surface area contributed by atoms with Crippen molar-refractivity contribution in [3.8, 4) is 0 Å². The predicted molar refractivity (Wildman–Crippen MR) is 110 cm³/mol. The number of carbonyl (C=O) groups excluding carboxylic acids is 4. The van der Waals surface area contributed by atoms with Gasteiger partial charge in [-0.3, -0.25) is 19.2 Å². The van der Waals surface area contributed by atoms with Crippen molar-refractivity contribution in [2.24, 2.45) is 5.92 Å². The van der Waals surface area contributed by atoms with Crippen LogP contribution < -0.4 is 4.90 Å². The third-order valence-corrected chi connectivity index (χ3v) is 5.52. The molecule has 1 fully saturated rings. The third-order valence-electron chi connectivity index (χ3n) is 5.52. The highest BCUT2D eigenvalue weighted by molar-refractivity contribution is 6.23. The second-order valence-corrected chi connectivity index (χ2v) is 7.40. The molecule has 0 aromatic heterocycles. The van der Waals surface area contributed by atoms with Crippen LogP contribution in [0.25, 0.3) is 12.2 Å². The molecule has 2 aliphatic rings. The normalized spacial score (nSPS) is 16.2. The topological polar surface area (TPSA) is 71.5 Å². The molecule has 0 N–H and O–H groups in total. The van der Waals surface area contributed by atoms with Gasteiger partial charge in [-0.15, -0.1) is 0 Å². The highest BCUT2D eigenvalue weighted by Gasteiger charge is 2.38. The first kappa shape index (κ1) is 19.0. The number of para-hydroxylation sites is 1. The van der Waals surface area contributed by atoms with Gasteiger partial charge in [0.15, 0.2) is 17.3 Å². The Morgan fingerprint density at radius 1 is 0.828 bits per heavy atom. The van der Waals surface area contributed by atoms with E-state index in [0.29, 0.717) is 6.54 Å². The third kappa shape index (κ3) is 3.81. The number of fused-ring (bicyclic) bond motifs is 2. The Kier molecular flexibility index (Phi) is 5.21. The molecule has 1 saturated carbocycles. The fraction of sp³-hybridized carbons (Fsp3) is 0.250. The van der Waals surface area contributed by atoms with Gasteiger partial charge in [-0.1, -0.05) is 54.6 Å². The van der Waals surface area contributed by atoms with E-state index >= 15 is 0 Å². The molecule has 0 bridgehead atoms. The minimum Gasteiger partial charge on any atom is -0.307 e. The van der Waals surface area contributed by atoms with Gasteiger partial charge in [0.1, 0.15) is 5.92 Å². The maximum Gasteiger partial charge on any atom is 0.227 e. The lowest BCUT2D eigenvalue weighted by Gasteiger charge is -2.27. The van der Waals surface area contributed by atoms with Gasteiger partial charge in [-0.25, -0.2) is 0 Å². The van der Waals surface area contributed by atoms with Gasteiger partial charge < -0.3 is 4.90 Å². The molecule has 2 aromatic carbocycles. The summed E-state index contributed by atoms with van der Waals surface area (Å²) >= 11 is 0. The Balaban J connectivity index is 1.57. The van der Waals surface area contributed by atoms with Crippen LogP contribution in [0.3, 0.4) is 0 Å². The summed E-state index contributed by atoms with van der Waals surface area (Å²) in [5.74, 6) is -2.43. The average Bonchev–Trinajstić information content (AvgIpc) is 3.06. The molecule has 0 atom stereocenters. The zero-order chi connectivity index (χ0) is 20.4. The molecule has 4 rings (SSSR count). The first-order valence-electron chi connectivity index (χ1n) is 9.78. The van der Waals surface area contributed by atoms with Crippen LogP contribution in [0.15, 0.2) is 48.5 Å². The van der Waals surface area contributed by atoms with Crippen molar-refractivity contribution in [3.63, 3.8) is 0 Å². The lowest BCUT2D eigenvalue weighted by Crippen LogP contribution is -2.33. The van der Waals surface area contributed by atoms with E-state index in [1.54, 1.807) is 4.90 Å². The minimum absolute atomic E-state index is 0.0316. The first-order chi connectivity index (χ1) is 14.0. The number of carbonyl (C=O) groups is 4. The maximum absolute atomic E-state index is 13.1.